The van der Waals surface area contributed by atoms with Crippen LogP contribution in [-0.4, -0.2) is 12.5 Å². The summed E-state index contributed by atoms with van der Waals surface area (Å²) in [5, 5.41) is 26.7. The number of benzene rings is 3. The van der Waals surface area contributed by atoms with Gasteiger partial charge in [-0.2, -0.15) is 15.6 Å². The van der Waals surface area contributed by atoms with Gasteiger partial charge in [0.25, 0.3) is 0 Å². The van der Waals surface area contributed by atoms with E-state index in [1.54, 1.807) is 24.3 Å². The molecule has 1 aliphatic rings. The van der Waals surface area contributed by atoms with Crippen LogP contribution in [0.1, 0.15) is 22.3 Å². The maximum Gasteiger partial charge on any atom is 0.172 e. The van der Waals surface area contributed by atoms with E-state index < -0.39 is 0 Å². The number of hydrogen-bond acceptors (Lipinski definition) is 6. The number of nitrogens with zero attached hydrogens (tertiary/aromatic N) is 5. The quantitative estimate of drug-likeness (QED) is 0.748. The molecule has 0 bridgehead atoms. The van der Waals surface area contributed by atoms with Crippen molar-refractivity contribution in [1.82, 2.24) is 5.43 Å². The number of nitriles is 2. The first-order valence-electron chi connectivity index (χ1n) is 9.14. The summed E-state index contributed by atoms with van der Waals surface area (Å²) in [6.45, 7) is 2.51. The molecule has 0 saturated carbocycles. The molecule has 1 heterocycles. The van der Waals surface area contributed by atoms with E-state index in [1.807, 2.05) is 65.5 Å². The molecule has 6 nitrogen and oxygen atoms in total. The van der Waals surface area contributed by atoms with Gasteiger partial charge in [0.05, 0.1) is 34.6 Å². The molecule has 1 N–H and O–H groups in total. The lowest BCUT2D eigenvalue weighted by Gasteiger charge is -2.36. The van der Waals surface area contributed by atoms with Crippen molar-refractivity contribution in [3.63, 3.8) is 0 Å². The van der Waals surface area contributed by atoms with Gasteiger partial charge in [0.2, 0.25) is 0 Å². The molecule has 0 radical (unpaired) electrons. The van der Waals surface area contributed by atoms with E-state index in [2.05, 4.69) is 17.6 Å². The molecular formula is C23H18N6. The van der Waals surface area contributed by atoms with Gasteiger partial charge in [-0.3, -0.25) is 10.4 Å². The Morgan fingerprint density at radius 1 is 0.793 bits per heavy atom. The van der Waals surface area contributed by atoms with Gasteiger partial charge in [-0.1, -0.05) is 29.8 Å². The number of rotatable bonds is 3. The summed E-state index contributed by atoms with van der Waals surface area (Å²) in [6, 6.07) is 27.2. The Hall–Kier alpha value is -4.29. The molecule has 6 heteroatoms. The standard InChI is InChI=1S/C23H18N6/c1-17-2-8-20(9-3-17)23-26-28(21-10-4-18(14-24)5-11-21)16-29(27-23)22-12-6-19(15-25)7-13-22/h2-13H,16H2,1H3,(H,26,27). The van der Waals surface area contributed by atoms with E-state index in [1.165, 1.54) is 5.56 Å². The monoisotopic (exact) mass is 378 g/mol. The second-order valence-electron chi connectivity index (χ2n) is 6.71. The highest BCUT2D eigenvalue weighted by atomic mass is 15.7. The van der Waals surface area contributed by atoms with E-state index >= 15 is 0 Å². The minimum Gasteiger partial charge on any atom is -0.278 e. The Kier molecular flexibility index (Phi) is 4.84. The first-order chi connectivity index (χ1) is 14.2. The summed E-state index contributed by atoms with van der Waals surface area (Å²) in [5.74, 6) is 0.713. The SMILES string of the molecule is Cc1ccc(C2=NN(c3ccc(C#N)cc3)CN(c3ccc(C#N)cc3)N2)cc1. The summed E-state index contributed by atoms with van der Waals surface area (Å²) in [6.07, 6.45) is 0. The Morgan fingerprint density at radius 3 is 1.90 bits per heavy atom. The minimum absolute atomic E-state index is 0.465. The number of hydrogen-bond donors (Lipinski definition) is 1. The van der Waals surface area contributed by atoms with E-state index in [9.17, 15) is 0 Å². The highest BCUT2D eigenvalue weighted by Gasteiger charge is 2.21. The molecule has 0 fully saturated rings. The number of hydrazine groups is 1. The first kappa shape index (κ1) is 18.1. The van der Waals surface area contributed by atoms with Gasteiger partial charge in [-0.25, -0.2) is 5.01 Å². The van der Waals surface area contributed by atoms with Crippen molar-refractivity contribution in [3.8, 4) is 12.1 Å². The number of amidine groups is 1. The maximum atomic E-state index is 9.06. The molecule has 0 atom stereocenters. The van der Waals surface area contributed by atoms with Crippen molar-refractivity contribution in [2.24, 2.45) is 5.10 Å². The summed E-state index contributed by atoms with van der Waals surface area (Å²) < 4.78 is 0. The summed E-state index contributed by atoms with van der Waals surface area (Å²) in [5.41, 5.74) is 8.54. The second-order valence-corrected chi connectivity index (χ2v) is 6.71. The van der Waals surface area contributed by atoms with Gasteiger partial charge in [0, 0.05) is 5.56 Å². The van der Waals surface area contributed by atoms with Crippen molar-refractivity contribution < 1.29 is 0 Å². The third-order valence-electron chi connectivity index (χ3n) is 4.66. The first-order valence-corrected chi connectivity index (χ1v) is 9.14. The van der Waals surface area contributed by atoms with Crippen LogP contribution >= 0.6 is 0 Å². The fourth-order valence-corrected chi connectivity index (χ4v) is 3.02. The van der Waals surface area contributed by atoms with Crippen molar-refractivity contribution in [2.75, 3.05) is 16.7 Å². The molecule has 1 aliphatic heterocycles. The lowest BCUT2D eigenvalue weighted by atomic mass is 10.1. The average Bonchev–Trinajstić information content (AvgIpc) is 2.79. The highest BCUT2D eigenvalue weighted by Crippen LogP contribution is 2.23. The van der Waals surface area contributed by atoms with E-state index in [-0.39, 0.29) is 0 Å². The lowest BCUT2D eigenvalue weighted by Crippen LogP contribution is -2.53. The third kappa shape index (κ3) is 3.87. The number of nitrogens with one attached hydrogen (secondary N) is 1. The maximum absolute atomic E-state index is 9.06. The van der Waals surface area contributed by atoms with Gasteiger partial charge >= 0.3 is 0 Å². The number of anilines is 2. The zero-order valence-corrected chi connectivity index (χ0v) is 15.9. The average molecular weight is 378 g/mol. The van der Waals surface area contributed by atoms with Gasteiger partial charge in [-0.05, 0) is 55.5 Å². The van der Waals surface area contributed by atoms with Crippen molar-refractivity contribution in [2.45, 2.75) is 6.92 Å². The molecule has 0 amide bonds. The van der Waals surface area contributed by atoms with Gasteiger partial charge in [0.15, 0.2) is 5.84 Å². The molecule has 0 spiro atoms. The van der Waals surface area contributed by atoms with Crippen LogP contribution in [0.3, 0.4) is 0 Å². The molecule has 0 aliphatic carbocycles. The minimum atomic E-state index is 0.465. The molecule has 0 saturated heterocycles. The summed E-state index contributed by atoms with van der Waals surface area (Å²) in [7, 11) is 0. The zero-order valence-electron chi connectivity index (χ0n) is 15.9. The molecular weight excluding hydrogens is 360 g/mol. The summed E-state index contributed by atoms with van der Waals surface area (Å²) >= 11 is 0. The van der Waals surface area contributed by atoms with E-state index in [0.29, 0.717) is 23.6 Å². The molecule has 0 unspecified atom stereocenters. The van der Waals surface area contributed by atoms with Crippen molar-refractivity contribution in [3.05, 3.63) is 95.1 Å². The van der Waals surface area contributed by atoms with Gasteiger partial charge < -0.3 is 0 Å². The Morgan fingerprint density at radius 2 is 1.34 bits per heavy atom. The van der Waals surface area contributed by atoms with Crippen LogP contribution in [0, 0.1) is 29.6 Å². The fraction of sp³-hybridized carbons (Fsp3) is 0.0870. The Bertz CT molecular complexity index is 1120. The van der Waals surface area contributed by atoms with Crippen LogP contribution in [0.15, 0.2) is 77.9 Å². The van der Waals surface area contributed by atoms with Crippen LogP contribution < -0.4 is 15.4 Å². The van der Waals surface area contributed by atoms with Crippen LogP contribution in [0.4, 0.5) is 11.4 Å². The number of hydrazone groups is 1. The largest absolute Gasteiger partial charge is 0.278 e. The smallest absolute Gasteiger partial charge is 0.172 e. The third-order valence-corrected chi connectivity index (χ3v) is 4.66. The van der Waals surface area contributed by atoms with Crippen LogP contribution in [-0.2, 0) is 0 Å². The summed E-state index contributed by atoms with van der Waals surface area (Å²) in [4.78, 5) is 0. The van der Waals surface area contributed by atoms with Crippen molar-refractivity contribution in [1.29, 1.82) is 10.5 Å². The highest BCUT2D eigenvalue weighted by molar-refractivity contribution is 6.00. The lowest BCUT2D eigenvalue weighted by molar-refractivity contribution is 0.679. The second kappa shape index (κ2) is 7.75. The Balaban J connectivity index is 1.71. The molecule has 140 valence electrons. The predicted octanol–water partition coefficient (Wildman–Crippen LogP) is 3.89. The topological polar surface area (TPSA) is 78.5 Å². The normalized spacial score (nSPS) is 13.1. The van der Waals surface area contributed by atoms with Gasteiger partial charge in [-0.15, -0.1) is 0 Å². The van der Waals surface area contributed by atoms with Crippen LogP contribution in [0.2, 0.25) is 0 Å². The molecule has 0 aromatic heterocycles. The van der Waals surface area contributed by atoms with E-state index in [0.717, 1.165) is 16.9 Å². The predicted molar refractivity (Wildman–Crippen MR) is 113 cm³/mol. The van der Waals surface area contributed by atoms with Crippen LogP contribution in [0.5, 0.6) is 0 Å². The molecule has 3 aromatic rings. The van der Waals surface area contributed by atoms with Crippen molar-refractivity contribution >= 4 is 17.2 Å². The van der Waals surface area contributed by atoms with Crippen LogP contribution in [0.25, 0.3) is 0 Å². The van der Waals surface area contributed by atoms with Gasteiger partial charge in [0.1, 0.15) is 6.67 Å². The Labute approximate surface area is 169 Å². The molecule has 3 aromatic carbocycles. The zero-order chi connectivity index (χ0) is 20.2. The number of aryl methyl sites for hydroxylation is 1. The molecule has 29 heavy (non-hydrogen) atoms. The van der Waals surface area contributed by atoms with E-state index in [4.69, 9.17) is 15.6 Å². The fourth-order valence-electron chi connectivity index (χ4n) is 3.02. The molecule has 4 rings (SSSR count).